The number of hydrogen-bond acceptors (Lipinski definition) is 7. The molecular weight excluding hydrogens is 502 g/mol. The van der Waals surface area contributed by atoms with E-state index in [1.807, 2.05) is 54.6 Å². The van der Waals surface area contributed by atoms with E-state index in [2.05, 4.69) is 10.6 Å². The van der Waals surface area contributed by atoms with Crippen LogP contribution in [0.15, 0.2) is 54.6 Å². The average molecular weight is 536 g/mol. The zero-order valence-corrected chi connectivity index (χ0v) is 22.3. The van der Waals surface area contributed by atoms with Gasteiger partial charge in [-0.15, -0.1) is 11.3 Å². The summed E-state index contributed by atoms with van der Waals surface area (Å²) in [5.74, 6) is 0.537. The molecule has 1 amide bonds. The van der Waals surface area contributed by atoms with Crippen molar-refractivity contribution in [2.75, 3.05) is 25.0 Å². The van der Waals surface area contributed by atoms with Crippen LogP contribution in [0.2, 0.25) is 0 Å². The number of carbonyl (C=O) groups excluding carboxylic acids is 1. The van der Waals surface area contributed by atoms with Gasteiger partial charge in [0.15, 0.2) is 0 Å². The highest BCUT2D eigenvalue weighted by Gasteiger charge is 2.32. The van der Waals surface area contributed by atoms with E-state index in [1.165, 1.54) is 11.3 Å². The Morgan fingerprint density at radius 3 is 2.58 bits per heavy atom. The number of thiophene rings is 1. The Bertz CT molecular complexity index is 1260. The highest BCUT2D eigenvalue weighted by Crippen LogP contribution is 2.40. The molecule has 2 aromatic carbocycles. The van der Waals surface area contributed by atoms with E-state index in [1.54, 1.807) is 11.8 Å². The molecule has 0 bridgehead atoms. The Hall–Kier alpha value is -3.40. The van der Waals surface area contributed by atoms with Crippen molar-refractivity contribution in [1.29, 1.82) is 0 Å². The molecule has 9 heteroatoms. The standard InChI is InChI=1S/C29H33N3O5S/c1-19(33)32(17-20-10-12-22(13-11-20)37-21-7-3-2-4-8-21)18-24-27-23(14-15-30-24)26(29(34)35)28(38-27)31-25-9-5-6-16-36-25/h2-4,7-8,10-13,24-25,30-31H,5-6,9,14-18H2,1H3,(H,34,35)/t24-,25?/m0/s1. The van der Waals surface area contributed by atoms with Crippen molar-refractivity contribution in [1.82, 2.24) is 10.2 Å². The number of rotatable bonds is 9. The third-order valence-corrected chi connectivity index (χ3v) is 8.21. The van der Waals surface area contributed by atoms with Crippen molar-refractivity contribution in [2.45, 2.75) is 51.4 Å². The fraction of sp³-hybridized carbons (Fsp3) is 0.379. The van der Waals surface area contributed by atoms with E-state index >= 15 is 0 Å². The smallest absolute Gasteiger partial charge is 0.338 e. The van der Waals surface area contributed by atoms with Crippen LogP contribution in [0.3, 0.4) is 0 Å². The largest absolute Gasteiger partial charge is 0.478 e. The third-order valence-electron chi connectivity index (χ3n) is 6.93. The van der Waals surface area contributed by atoms with Crippen molar-refractivity contribution >= 4 is 28.2 Å². The zero-order valence-electron chi connectivity index (χ0n) is 21.4. The van der Waals surface area contributed by atoms with E-state index < -0.39 is 5.97 Å². The lowest BCUT2D eigenvalue weighted by Crippen LogP contribution is -2.40. The summed E-state index contributed by atoms with van der Waals surface area (Å²) < 4.78 is 11.7. The highest BCUT2D eigenvalue weighted by molar-refractivity contribution is 7.16. The minimum absolute atomic E-state index is 0.0347. The molecular formula is C29H33N3O5S. The van der Waals surface area contributed by atoms with Crippen LogP contribution < -0.4 is 15.4 Å². The normalized spacial score (nSPS) is 18.9. The molecule has 38 heavy (non-hydrogen) atoms. The first-order valence-electron chi connectivity index (χ1n) is 13.1. The molecule has 1 fully saturated rings. The number of amides is 1. The van der Waals surface area contributed by atoms with Gasteiger partial charge in [0.05, 0.1) is 11.6 Å². The summed E-state index contributed by atoms with van der Waals surface area (Å²) in [4.78, 5) is 27.7. The molecule has 2 atom stereocenters. The molecule has 0 spiro atoms. The number of carboxylic acids is 1. The van der Waals surface area contributed by atoms with Gasteiger partial charge in [-0.05, 0) is 67.6 Å². The molecule has 3 N–H and O–H groups in total. The number of nitrogens with zero attached hydrogens (tertiary/aromatic N) is 1. The van der Waals surface area contributed by atoms with Crippen molar-refractivity contribution in [3.63, 3.8) is 0 Å². The number of anilines is 1. The summed E-state index contributed by atoms with van der Waals surface area (Å²) in [6.45, 7) is 3.81. The predicted octanol–water partition coefficient (Wildman–Crippen LogP) is 5.41. The molecule has 2 aliphatic rings. The molecule has 3 heterocycles. The van der Waals surface area contributed by atoms with Gasteiger partial charge in [-0.1, -0.05) is 30.3 Å². The number of aromatic carboxylic acids is 1. The topological polar surface area (TPSA) is 100 Å². The first-order valence-corrected chi connectivity index (χ1v) is 13.9. The number of hydrogen-bond donors (Lipinski definition) is 3. The van der Waals surface area contributed by atoms with Gasteiger partial charge in [0.2, 0.25) is 5.91 Å². The number of para-hydroxylation sites is 1. The maximum absolute atomic E-state index is 12.6. The van der Waals surface area contributed by atoms with Crippen molar-refractivity contribution in [3.8, 4) is 11.5 Å². The lowest BCUT2D eigenvalue weighted by molar-refractivity contribution is -0.129. The van der Waals surface area contributed by atoms with Gasteiger partial charge in [-0.25, -0.2) is 4.79 Å². The zero-order chi connectivity index (χ0) is 26.5. The lowest BCUT2D eigenvalue weighted by atomic mass is 9.98. The van der Waals surface area contributed by atoms with Crippen molar-refractivity contribution in [3.05, 3.63) is 76.2 Å². The van der Waals surface area contributed by atoms with Crippen LogP contribution in [0.4, 0.5) is 5.00 Å². The molecule has 1 aromatic heterocycles. The molecule has 0 aliphatic carbocycles. The summed E-state index contributed by atoms with van der Waals surface area (Å²) in [5.41, 5.74) is 2.19. The van der Waals surface area contributed by atoms with E-state index in [4.69, 9.17) is 9.47 Å². The van der Waals surface area contributed by atoms with Gasteiger partial charge in [0.1, 0.15) is 22.7 Å². The minimum Gasteiger partial charge on any atom is -0.478 e. The van der Waals surface area contributed by atoms with Gasteiger partial charge in [-0.2, -0.15) is 0 Å². The van der Waals surface area contributed by atoms with Crippen LogP contribution in [0.1, 0.15) is 58.6 Å². The van der Waals surface area contributed by atoms with Gasteiger partial charge in [0, 0.05) is 31.5 Å². The Kier molecular flexibility index (Phi) is 8.26. The van der Waals surface area contributed by atoms with Crippen LogP contribution in [0.5, 0.6) is 11.5 Å². The van der Waals surface area contributed by atoms with E-state index in [9.17, 15) is 14.7 Å². The Morgan fingerprint density at radius 2 is 1.89 bits per heavy atom. The number of ether oxygens (including phenoxy) is 2. The molecule has 8 nitrogen and oxygen atoms in total. The van der Waals surface area contributed by atoms with Crippen molar-refractivity contribution in [2.24, 2.45) is 0 Å². The first-order chi connectivity index (χ1) is 18.5. The molecule has 0 saturated carbocycles. The number of carbonyl (C=O) groups is 2. The van der Waals surface area contributed by atoms with E-state index in [0.717, 1.165) is 46.8 Å². The summed E-state index contributed by atoms with van der Waals surface area (Å²) in [6, 6.07) is 17.2. The summed E-state index contributed by atoms with van der Waals surface area (Å²) in [5, 5.41) is 17.5. The van der Waals surface area contributed by atoms with Crippen LogP contribution in [0, 0.1) is 0 Å². The van der Waals surface area contributed by atoms with E-state index in [0.29, 0.717) is 43.2 Å². The van der Waals surface area contributed by atoms with Crippen LogP contribution in [-0.2, 0) is 22.5 Å². The fourth-order valence-corrected chi connectivity index (χ4v) is 6.34. The molecule has 3 aromatic rings. The Balaban J connectivity index is 1.30. The van der Waals surface area contributed by atoms with Crippen LogP contribution in [0.25, 0.3) is 0 Å². The fourth-order valence-electron chi connectivity index (χ4n) is 4.99. The number of fused-ring (bicyclic) bond motifs is 1. The molecule has 1 saturated heterocycles. The van der Waals surface area contributed by atoms with Crippen LogP contribution >= 0.6 is 11.3 Å². The quantitative estimate of drug-likeness (QED) is 0.337. The molecule has 2 aliphatic heterocycles. The monoisotopic (exact) mass is 535 g/mol. The first kappa shape index (κ1) is 26.2. The number of nitrogens with one attached hydrogen (secondary N) is 2. The maximum Gasteiger partial charge on any atom is 0.338 e. The van der Waals surface area contributed by atoms with E-state index in [-0.39, 0.29) is 18.2 Å². The minimum atomic E-state index is -0.928. The second-order valence-corrected chi connectivity index (χ2v) is 10.7. The summed E-state index contributed by atoms with van der Waals surface area (Å²) in [6.07, 6.45) is 3.41. The molecule has 1 unspecified atom stereocenters. The summed E-state index contributed by atoms with van der Waals surface area (Å²) >= 11 is 1.47. The van der Waals surface area contributed by atoms with Gasteiger partial charge < -0.3 is 30.1 Å². The summed E-state index contributed by atoms with van der Waals surface area (Å²) in [7, 11) is 0. The maximum atomic E-state index is 12.6. The second-order valence-electron chi connectivity index (χ2n) is 9.67. The second kappa shape index (κ2) is 12.0. The highest BCUT2D eigenvalue weighted by atomic mass is 32.1. The molecule has 200 valence electrons. The lowest BCUT2D eigenvalue weighted by Gasteiger charge is -2.30. The number of benzene rings is 2. The van der Waals surface area contributed by atoms with Crippen molar-refractivity contribution < 1.29 is 24.2 Å². The number of carboxylic acid groups (broad SMARTS) is 1. The Labute approximate surface area is 226 Å². The average Bonchev–Trinajstić information content (AvgIpc) is 3.29. The van der Waals surface area contributed by atoms with Crippen LogP contribution in [-0.4, -0.2) is 47.8 Å². The van der Waals surface area contributed by atoms with Gasteiger partial charge in [-0.3, -0.25) is 4.79 Å². The Morgan fingerprint density at radius 1 is 1.13 bits per heavy atom. The predicted molar refractivity (Wildman–Crippen MR) is 147 cm³/mol. The SMILES string of the molecule is CC(=O)N(Cc1ccc(Oc2ccccc2)cc1)C[C@@H]1NCCc2c1sc(NC1CCCCO1)c2C(=O)O. The van der Waals surface area contributed by atoms with Gasteiger partial charge >= 0.3 is 5.97 Å². The molecule has 0 radical (unpaired) electrons. The molecule has 5 rings (SSSR count). The third kappa shape index (κ3) is 6.18. The van der Waals surface area contributed by atoms with Gasteiger partial charge in [0.25, 0.3) is 0 Å².